The van der Waals surface area contributed by atoms with Gasteiger partial charge in [-0.3, -0.25) is 9.69 Å². The summed E-state index contributed by atoms with van der Waals surface area (Å²) in [6, 6.07) is 5.82. The third-order valence-electron chi connectivity index (χ3n) is 4.83. The fourth-order valence-corrected chi connectivity index (χ4v) is 4.30. The SMILES string of the molecule is Cc1nn2cc(CNC(=O)C(c3ccc(F)cc3)N3CCCCC3)nc2s1. The number of likely N-dealkylation sites (tertiary alicyclic amines) is 1. The summed E-state index contributed by atoms with van der Waals surface area (Å²) >= 11 is 1.52. The summed E-state index contributed by atoms with van der Waals surface area (Å²) in [5.74, 6) is -0.374. The van der Waals surface area contributed by atoms with E-state index in [1.165, 1.54) is 29.9 Å². The first-order valence-corrected chi connectivity index (χ1v) is 10.0. The second-order valence-electron chi connectivity index (χ2n) is 6.85. The highest BCUT2D eigenvalue weighted by Gasteiger charge is 2.28. The molecule has 27 heavy (non-hydrogen) atoms. The molecule has 2 aromatic heterocycles. The van der Waals surface area contributed by atoms with E-state index in [1.807, 2.05) is 13.1 Å². The molecule has 1 N–H and O–H groups in total. The standard InChI is InChI=1S/C19H22FN5OS/c1-13-23-25-12-16(22-19(25)27-13)11-21-18(26)17(24-9-3-2-4-10-24)14-5-7-15(20)8-6-14/h5-8,12,17H,2-4,9-11H2,1H3,(H,21,26). The number of carbonyl (C=O) groups excluding carboxylic acids is 1. The Bertz CT molecular complexity index is 898. The second-order valence-corrected chi connectivity index (χ2v) is 8.01. The Labute approximate surface area is 161 Å². The molecule has 142 valence electrons. The number of rotatable bonds is 5. The van der Waals surface area contributed by atoms with Crippen LogP contribution in [-0.2, 0) is 11.3 Å². The van der Waals surface area contributed by atoms with Crippen molar-refractivity contribution >= 4 is 22.2 Å². The monoisotopic (exact) mass is 387 g/mol. The van der Waals surface area contributed by atoms with Crippen molar-refractivity contribution in [3.63, 3.8) is 0 Å². The van der Waals surface area contributed by atoms with Crippen LogP contribution in [0.2, 0.25) is 0 Å². The molecule has 1 aromatic carbocycles. The normalized spacial score (nSPS) is 16.5. The van der Waals surface area contributed by atoms with Crippen LogP contribution in [-0.4, -0.2) is 38.5 Å². The maximum atomic E-state index is 13.3. The van der Waals surface area contributed by atoms with Crippen LogP contribution in [0.4, 0.5) is 4.39 Å². The fraction of sp³-hybridized carbons (Fsp3) is 0.421. The van der Waals surface area contributed by atoms with Crippen molar-refractivity contribution in [3.05, 3.63) is 52.5 Å². The summed E-state index contributed by atoms with van der Waals surface area (Å²) in [6.07, 6.45) is 5.18. The smallest absolute Gasteiger partial charge is 0.242 e. The third kappa shape index (κ3) is 4.01. The summed E-state index contributed by atoms with van der Waals surface area (Å²) in [6.45, 7) is 4.03. The Balaban J connectivity index is 1.50. The summed E-state index contributed by atoms with van der Waals surface area (Å²) in [5, 5.41) is 8.30. The van der Waals surface area contributed by atoms with E-state index in [9.17, 15) is 9.18 Å². The number of hydrogen-bond acceptors (Lipinski definition) is 5. The van der Waals surface area contributed by atoms with E-state index >= 15 is 0 Å². The molecule has 4 rings (SSSR count). The molecule has 3 aromatic rings. The summed E-state index contributed by atoms with van der Waals surface area (Å²) in [5.41, 5.74) is 1.59. The maximum Gasteiger partial charge on any atom is 0.242 e. The maximum absolute atomic E-state index is 13.3. The van der Waals surface area contributed by atoms with Crippen LogP contribution in [0.3, 0.4) is 0 Å². The van der Waals surface area contributed by atoms with Gasteiger partial charge in [0.25, 0.3) is 0 Å². The van der Waals surface area contributed by atoms with E-state index in [4.69, 9.17) is 0 Å². The highest BCUT2D eigenvalue weighted by molar-refractivity contribution is 7.16. The predicted octanol–water partition coefficient (Wildman–Crippen LogP) is 3.08. The molecule has 1 amide bonds. The highest BCUT2D eigenvalue weighted by atomic mass is 32.1. The molecule has 1 aliphatic rings. The van der Waals surface area contributed by atoms with E-state index in [0.717, 1.165) is 47.2 Å². The lowest BCUT2D eigenvalue weighted by Crippen LogP contribution is -2.42. The zero-order chi connectivity index (χ0) is 18.8. The molecule has 0 aliphatic carbocycles. The van der Waals surface area contributed by atoms with E-state index in [-0.39, 0.29) is 11.7 Å². The predicted molar refractivity (Wildman–Crippen MR) is 102 cm³/mol. The lowest BCUT2D eigenvalue weighted by Gasteiger charge is -2.33. The number of benzene rings is 1. The number of hydrogen-bond donors (Lipinski definition) is 1. The van der Waals surface area contributed by atoms with Gasteiger partial charge in [0.2, 0.25) is 10.9 Å². The summed E-state index contributed by atoms with van der Waals surface area (Å²) < 4.78 is 15.1. The first-order valence-electron chi connectivity index (χ1n) is 9.19. The number of aryl methyl sites for hydroxylation is 1. The third-order valence-corrected chi connectivity index (χ3v) is 5.67. The second kappa shape index (κ2) is 7.74. The number of piperidine rings is 1. The van der Waals surface area contributed by atoms with Crippen molar-refractivity contribution in [3.8, 4) is 0 Å². The molecule has 1 aliphatic heterocycles. The Kier molecular flexibility index (Phi) is 5.18. The van der Waals surface area contributed by atoms with Crippen molar-refractivity contribution in [2.24, 2.45) is 0 Å². The van der Waals surface area contributed by atoms with Crippen LogP contribution in [0.5, 0.6) is 0 Å². The molecule has 8 heteroatoms. The molecule has 0 saturated carbocycles. The average molecular weight is 387 g/mol. The topological polar surface area (TPSA) is 62.5 Å². The molecule has 0 radical (unpaired) electrons. The van der Waals surface area contributed by atoms with Gasteiger partial charge in [0, 0.05) is 0 Å². The molecule has 0 bridgehead atoms. The zero-order valence-electron chi connectivity index (χ0n) is 15.2. The van der Waals surface area contributed by atoms with Crippen molar-refractivity contribution in [1.82, 2.24) is 24.8 Å². The average Bonchev–Trinajstić information content (AvgIpc) is 3.19. The molecular formula is C19H22FN5OS. The zero-order valence-corrected chi connectivity index (χ0v) is 16.0. The van der Waals surface area contributed by atoms with Gasteiger partial charge in [0.1, 0.15) is 16.9 Å². The van der Waals surface area contributed by atoms with E-state index in [0.29, 0.717) is 6.54 Å². The van der Waals surface area contributed by atoms with Gasteiger partial charge >= 0.3 is 0 Å². The van der Waals surface area contributed by atoms with Gasteiger partial charge in [-0.1, -0.05) is 29.9 Å². The number of nitrogens with one attached hydrogen (secondary N) is 1. The number of nitrogens with zero attached hydrogens (tertiary/aromatic N) is 4. The van der Waals surface area contributed by atoms with Crippen LogP contribution < -0.4 is 5.32 Å². The molecule has 6 nitrogen and oxygen atoms in total. The van der Waals surface area contributed by atoms with Gasteiger partial charge < -0.3 is 5.32 Å². The van der Waals surface area contributed by atoms with E-state index < -0.39 is 6.04 Å². The minimum atomic E-state index is -0.407. The van der Waals surface area contributed by atoms with Gasteiger partial charge in [-0.2, -0.15) is 5.10 Å². The number of aromatic nitrogens is 3. The van der Waals surface area contributed by atoms with Crippen molar-refractivity contribution in [1.29, 1.82) is 0 Å². The van der Waals surface area contributed by atoms with E-state index in [1.54, 1.807) is 16.6 Å². The molecule has 1 unspecified atom stereocenters. The summed E-state index contributed by atoms with van der Waals surface area (Å²) in [4.78, 5) is 20.5. The Morgan fingerprint density at radius 1 is 1.26 bits per heavy atom. The lowest BCUT2D eigenvalue weighted by molar-refractivity contribution is -0.127. The van der Waals surface area contributed by atoms with Crippen LogP contribution in [0.25, 0.3) is 4.96 Å². The van der Waals surface area contributed by atoms with Crippen LogP contribution in [0, 0.1) is 12.7 Å². The quantitative estimate of drug-likeness (QED) is 0.731. The van der Waals surface area contributed by atoms with E-state index in [2.05, 4.69) is 20.3 Å². The first-order chi connectivity index (χ1) is 13.1. The van der Waals surface area contributed by atoms with Crippen LogP contribution in [0.1, 0.15) is 41.6 Å². The largest absolute Gasteiger partial charge is 0.349 e. The Morgan fingerprint density at radius 3 is 2.70 bits per heavy atom. The van der Waals surface area contributed by atoms with Crippen LogP contribution >= 0.6 is 11.3 Å². The molecule has 1 fully saturated rings. The van der Waals surface area contributed by atoms with Gasteiger partial charge in [0.15, 0.2) is 0 Å². The number of amides is 1. The number of carbonyl (C=O) groups is 1. The van der Waals surface area contributed by atoms with Gasteiger partial charge in [0.05, 0.1) is 18.4 Å². The number of halogens is 1. The summed E-state index contributed by atoms with van der Waals surface area (Å²) in [7, 11) is 0. The number of imidazole rings is 1. The van der Waals surface area contributed by atoms with Gasteiger partial charge in [-0.15, -0.1) is 0 Å². The minimum absolute atomic E-state index is 0.0796. The molecule has 1 saturated heterocycles. The molecular weight excluding hydrogens is 365 g/mol. The fourth-order valence-electron chi connectivity index (χ4n) is 3.55. The van der Waals surface area contributed by atoms with Crippen molar-refractivity contribution in [2.45, 2.75) is 38.8 Å². The van der Waals surface area contributed by atoms with Crippen molar-refractivity contribution in [2.75, 3.05) is 13.1 Å². The van der Waals surface area contributed by atoms with Gasteiger partial charge in [-0.25, -0.2) is 13.9 Å². The van der Waals surface area contributed by atoms with Crippen LogP contribution in [0.15, 0.2) is 30.5 Å². The Morgan fingerprint density at radius 2 is 2.00 bits per heavy atom. The first kappa shape index (κ1) is 18.1. The highest BCUT2D eigenvalue weighted by Crippen LogP contribution is 2.25. The lowest BCUT2D eigenvalue weighted by atomic mass is 10.0. The number of fused-ring (bicyclic) bond motifs is 1. The van der Waals surface area contributed by atoms with Crippen molar-refractivity contribution < 1.29 is 9.18 Å². The molecule has 3 heterocycles. The van der Waals surface area contributed by atoms with Gasteiger partial charge in [-0.05, 0) is 50.6 Å². The Hall–Kier alpha value is -2.32. The minimum Gasteiger partial charge on any atom is -0.349 e. The molecule has 0 spiro atoms. The molecule has 1 atom stereocenters.